The first kappa shape index (κ1) is 20.4. The minimum atomic E-state index is -0.620. The molecule has 1 aliphatic heterocycles. The molecule has 9 heteroatoms. The number of rotatable bonds is 4. The Bertz CT molecular complexity index is 1230. The number of aromatic nitrogens is 1. The predicted octanol–water partition coefficient (Wildman–Crippen LogP) is 3.76. The van der Waals surface area contributed by atoms with Crippen LogP contribution in [0.4, 0.5) is 9.59 Å². The Labute approximate surface area is 179 Å². The summed E-state index contributed by atoms with van der Waals surface area (Å²) < 4.78 is 0. The van der Waals surface area contributed by atoms with Crippen LogP contribution in [0.15, 0.2) is 35.8 Å². The fourth-order valence-corrected chi connectivity index (χ4v) is 4.07. The molecule has 4 rings (SSSR count). The average Bonchev–Trinajstić information content (AvgIpc) is 3.19. The number of fused-ring (bicyclic) bond motifs is 4. The van der Waals surface area contributed by atoms with E-state index < -0.39 is 6.03 Å². The molecule has 0 saturated carbocycles. The summed E-state index contributed by atoms with van der Waals surface area (Å²) in [4.78, 5) is 39.6. The minimum absolute atomic E-state index is 0.187. The molecule has 9 nitrogen and oxygen atoms in total. The second kappa shape index (κ2) is 8.10. The number of urea groups is 2. The molecule has 0 atom stereocenters. The molecule has 1 aliphatic rings. The highest BCUT2D eigenvalue weighted by atomic mass is 16.3. The number of benzene rings is 2. The van der Waals surface area contributed by atoms with Crippen molar-refractivity contribution < 1.29 is 9.59 Å². The van der Waals surface area contributed by atoms with Gasteiger partial charge in [-0.1, -0.05) is 18.2 Å². The van der Waals surface area contributed by atoms with Gasteiger partial charge in [-0.15, -0.1) is 4.91 Å². The Morgan fingerprint density at radius 3 is 2.68 bits per heavy atom. The van der Waals surface area contributed by atoms with Crippen LogP contribution in [0.1, 0.15) is 22.3 Å². The van der Waals surface area contributed by atoms with Gasteiger partial charge in [0.2, 0.25) is 0 Å². The molecule has 3 N–H and O–H groups in total. The third kappa shape index (κ3) is 3.58. The molecule has 0 spiro atoms. The highest BCUT2D eigenvalue weighted by molar-refractivity contribution is 6.11. The van der Waals surface area contributed by atoms with E-state index in [1.165, 1.54) is 23.4 Å². The molecular formula is C22H24N6O3. The largest absolute Gasteiger partial charge is 0.354 e. The normalized spacial score (nSPS) is 12.7. The van der Waals surface area contributed by atoms with E-state index >= 15 is 0 Å². The summed E-state index contributed by atoms with van der Waals surface area (Å²) in [6, 6.07) is 7.36. The topological polar surface area (TPSA) is 110 Å². The van der Waals surface area contributed by atoms with Gasteiger partial charge in [-0.3, -0.25) is 4.90 Å². The standard InChI is InChI=1S/C22H24N6O3/c1-13-17-12-28(22(30)24-10-9-23-21(29)27(3)26-31)11-8-15(17)14(2)20-19(13)16-6-4-5-7-18(16)25-20/h4-8,11,25H,9-10,12H2,1-3H3,(H,23,29)(H,24,30). The maximum absolute atomic E-state index is 12.6. The van der Waals surface area contributed by atoms with E-state index in [1.54, 1.807) is 11.1 Å². The monoisotopic (exact) mass is 420 g/mol. The van der Waals surface area contributed by atoms with Crippen LogP contribution in [-0.4, -0.2) is 47.1 Å². The number of nitrogens with zero attached hydrogens (tertiary/aromatic N) is 3. The number of carbonyl (C=O) groups is 2. The van der Waals surface area contributed by atoms with Gasteiger partial charge in [-0.25, -0.2) is 9.59 Å². The number of aromatic amines is 1. The van der Waals surface area contributed by atoms with Gasteiger partial charge in [0.05, 0.1) is 17.3 Å². The van der Waals surface area contributed by atoms with Gasteiger partial charge in [-0.05, 0) is 48.2 Å². The molecule has 0 aliphatic carbocycles. The van der Waals surface area contributed by atoms with Crippen LogP contribution in [0.25, 0.3) is 27.9 Å². The van der Waals surface area contributed by atoms with Crippen molar-refractivity contribution in [2.45, 2.75) is 20.4 Å². The zero-order valence-electron chi connectivity index (χ0n) is 17.7. The van der Waals surface area contributed by atoms with Crippen LogP contribution in [0.2, 0.25) is 0 Å². The second-order valence-electron chi connectivity index (χ2n) is 7.58. The Morgan fingerprint density at radius 2 is 1.90 bits per heavy atom. The first-order valence-electron chi connectivity index (χ1n) is 10.0. The molecule has 4 amide bonds. The van der Waals surface area contributed by atoms with Crippen molar-refractivity contribution in [2.75, 3.05) is 20.1 Å². The summed E-state index contributed by atoms with van der Waals surface area (Å²) in [5.74, 6) is 0. The number of para-hydroxylation sites is 1. The van der Waals surface area contributed by atoms with Gasteiger partial charge in [0.1, 0.15) is 0 Å². The Kier molecular flexibility index (Phi) is 5.33. The van der Waals surface area contributed by atoms with Crippen molar-refractivity contribution in [3.05, 3.63) is 57.6 Å². The quantitative estimate of drug-likeness (QED) is 0.340. The molecule has 1 aromatic heterocycles. The molecule has 31 heavy (non-hydrogen) atoms. The average molecular weight is 420 g/mol. The summed E-state index contributed by atoms with van der Waals surface area (Å²) in [5, 5.41) is 10.8. The van der Waals surface area contributed by atoms with Crippen molar-refractivity contribution >= 4 is 39.9 Å². The molecule has 160 valence electrons. The molecule has 2 heterocycles. The van der Waals surface area contributed by atoms with Crippen LogP contribution in [0.5, 0.6) is 0 Å². The molecule has 0 radical (unpaired) electrons. The lowest BCUT2D eigenvalue weighted by Crippen LogP contribution is -2.42. The number of hydrogen-bond acceptors (Lipinski definition) is 4. The Balaban J connectivity index is 1.51. The van der Waals surface area contributed by atoms with Gasteiger partial charge in [0.15, 0.2) is 0 Å². The number of aryl methyl sites for hydroxylation is 2. The first-order chi connectivity index (χ1) is 14.9. The summed E-state index contributed by atoms with van der Waals surface area (Å²) in [7, 11) is 1.26. The van der Waals surface area contributed by atoms with Crippen LogP contribution in [-0.2, 0) is 6.54 Å². The maximum Gasteiger partial charge on any atom is 0.340 e. The fourth-order valence-electron chi connectivity index (χ4n) is 4.07. The molecule has 0 saturated heterocycles. The summed E-state index contributed by atoms with van der Waals surface area (Å²) in [5.41, 5.74) is 6.81. The lowest BCUT2D eigenvalue weighted by Gasteiger charge is -2.27. The van der Waals surface area contributed by atoms with E-state index in [-0.39, 0.29) is 19.1 Å². The Morgan fingerprint density at radius 1 is 1.16 bits per heavy atom. The zero-order chi connectivity index (χ0) is 22.1. The van der Waals surface area contributed by atoms with Gasteiger partial charge >= 0.3 is 12.1 Å². The molecule has 0 fully saturated rings. The van der Waals surface area contributed by atoms with E-state index in [4.69, 9.17) is 0 Å². The number of nitrogens with one attached hydrogen (secondary N) is 3. The van der Waals surface area contributed by atoms with E-state index in [1.807, 2.05) is 18.2 Å². The predicted molar refractivity (Wildman–Crippen MR) is 120 cm³/mol. The lowest BCUT2D eigenvalue weighted by molar-refractivity contribution is 0.207. The van der Waals surface area contributed by atoms with Gasteiger partial charge in [0, 0.05) is 42.6 Å². The van der Waals surface area contributed by atoms with E-state index in [0.29, 0.717) is 11.6 Å². The SMILES string of the molecule is Cc1c2c(c(C)c3c1[nH]c1ccccc13)CN(C(=O)NCCNC(=O)N(C)N=O)C=C2. The highest BCUT2D eigenvalue weighted by Gasteiger charge is 2.23. The maximum atomic E-state index is 12.6. The first-order valence-corrected chi connectivity index (χ1v) is 10.0. The summed E-state index contributed by atoms with van der Waals surface area (Å²) in [6.07, 6.45) is 3.75. The third-order valence-electron chi connectivity index (χ3n) is 5.74. The second-order valence-corrected chi connectivity index (χ2v) is 7.58. The molecular weight excluding hydrogens is 396 g/mol. The highest BCUT2D eigenvalue weighted by Crippen LogP contribution is 2.37. The smallest absolute Gasteiger partial charge is 0.340 e. The Hall–Kier alpha value is -3.88. The van der Waals surface area contributed by atoms with Crippen molar-refractivity contribution in [3.8, 4) is 0 Å². The van der Waals surface area contributed by atoms with E-state index in [2.05, 4.69) is 46.9 Å². The molecule has 3 aromatic rings. The summed E-state index contributed by atoms with van der Waals surface area (Å²) >= 11 is 0. The third-order valence-corrected chi connectivity index (χ3v) is 5.74. The fraction of sp³-hybridized carbons (Fsp3) is 0.273. The van der Waals surface area contributed by atoms with E-state index in [9.17, 15) is 14.5 Å². The van der Waals surface area contributed by atoms with Crippen LogP contribution in [0.3, 0.4) is 0 Å². The summed E-state index contributed by atoms with van der Waals surface area (Å²) in [6.45, 7) is 5.08. The van der Waals surface area contributed by atoms with Crippen LogP contribution in [0, 0.1) is 18.8 Å². The number of H-pyrrole nitrogens is 1. The molecule has 0 bridgehead atoms. The lowest BCUT2D eigenvalue weighted by atomic mass is 9.90. The minimum Gasteiger partial charge on any atom is -0.354 e. The number of nitroso groups, excluding NO2 is 1. The number of hydrogen-bond donors (Lipinski definition) is 3. The van der Waals surface area contributed by atoms with Gasteiger partial charge in [-0.2, -0.15) is 5.01 Å². The van der Waals surface area contributed by atoms with E-state index in [0.717, 1.165) is 27.7 Å². The van der Waals surface area contributed by atoms with Crippen molar-refractivity contribution in [1.82, 2.24) is 25.5 Å². The van der Waals surface area contributed by atoms with Gasteiger partial charge in [0.25, 0.3) is 0 Å². The van der Waals surface area contributed by atoms with Crippen molar-refractivity contribution in [1.29, 1.82) is 0 Å². The van der Waals surface area contributed by atoms with Gasteiger partial charge < -0.3 is 15.6 Å². The van der Waals surface area contributed by atoms with Crippen molar-refractivity contribution in [3.63, 3.8) is 0 Å². The van der Waals surface area contributed by atoms with Crippen LogP contribution >= 0.6 is 0 Å². The van der Waals surface area contributed by atoms with Crippen LogP contribution < -0.4 is 10.6 Å². The molecule has 2 aromatic carbocycles. The number of carbonyl (C=O) groups excluding carboxylic acids is 2. The molecule has 0 unspecified atom stereocenters. The number of amides is 4. The van der Waals surface area contributed by atoms with Crippen molar-refractivity contribution in [2.24, 2.45) is 5.29 Å². The zero-order valence-corrected chi connectivity index (χ0v) is 17.7.